The van der Waals surface area contributed by atoms with Gasteiger partial charge in [0.1, 0.15) is 19.3 Å². The van der Waals surface area contributed by atoms with E-state index in [1.807, 2.05) is 56.3 Å². The highest BCUT2D eigenvalue weighted by Crippen LogP contribution is 2.32. The van der Waals surface area contributed by atoms with Crippen LogP contribution in [0, 0.1) is 6.92 Å². The lowest BCUT2D eigenvalue weighted by molar-refractivity contribution is -0.116. The highest BCUT2D eigenvalue weighted by molar-refractivity contribution is 5.96. The van der Waals surface area contributed by atoms with Crippen molar-refractivity contribution in [3.05, 3.63) is 48.0 Å². The average Bonchev–Trinajstić information content (AvgIpc) is 2.54. The fraction of sp³-hybridized carbons (Fsp3) is 0.278. The predicted molar refractivity (Wildman–Crippen MR) is 90.3 cm³/mol. The van der Waals surface area contributed by atoms with Crippen LogP contribution in [-0.4, -0.2) is 25.2 Å². The fourth-order valence-electron chi connectivity index (χ4n) is 2.42. The lowest BCUT2D eigenvalue weighted by Crippen LogP contribution is -2.31. The van der Waals surface area contributed by atoms with E-state index in [2.05, 4.69) is 10.6 Å². The molecule has 0 saturated heterocycles. The molecule has 1 unspecified atom stereocenters. The van der Waals surface area contributed by atoms with Gasteiger partial charge in [0.25, 0.3) is 0 Å². The Balaban J connectivity index is 1.64. The van der Waals surface area contributed by atoms with Crippen molar-refractivity contribution in [2.24, 2.45) is 0 Å². The van der Waals surface area contributed by atoms with Gasteiger partial charge in [-0.3, -0.25) is 4.79 Å². The van der Waals surface area contributed by atoms with Gasteiger partial charge in [0.2, 0.25) is 5.91 Å². The van der Waals surface area contributed by atoms with Gasteiger partial charge in [-0.25, -0.2) is 0 Å². The molecule has 0 aromatic heterocycles. The quantitative estimate of drug-likeness (QED) is 0.910. The minimum Gasteiger partial charge on any atom is -0.486 e. The summed E-state index contributed by atoms with van der Waals surface area (Å²) in [5.74, 6) is 1.34. The Morgan fingerprint density at radius 1 is 1.04 bits per heavy atom. The van der Waals surface area contributed by atoms with E-state index >= 15 is 0 Å². The van der Waals surface area contributed by atoms with Gasteiger partial charge in [-0.1, -0.05) is 12.1 Å². The molecule has 2 N–H and O–H groups in total. The Labute approximate surface area is 135 Å². The molecule has 3 rings (SSSR count). The molecular formula is C18H20N2O3. The van der Waals surface area contributed by atoms with E-state index in [9.17, 15) is 4.79 Å². The van der Waals surface area contributed by atoms with Crippen molar-refractivity contribution in [3.8, 4) is 11.5 Å². The summed E-state index contributed by atoms with van der Waals surface area (Å²) in [6, 6.07) is 12.9. The van der Waals surface area contributed by atoms with E-state index in [-0.39, 0.29) is 11.9 Å². The molecule has 2 aromatic rings. The van der Waals surface area contributed by atoms with E-state index in [1.165, 1.54) is 0 Å². The van der Waals surface area contributed by atoms with Crippen LogP contribution in [0.2, 0.25) is 0 Å². The number of hydrogen-bond donors (Lipinski definition) is 2. The molecule has 0 fully saturated rings. The minimum absolute atomic E-state index is 0.0921. The summed E-state index contributed by atoms with van der Waals surface area (Å²) in [5, 5.41) is 6.09. The Morgan fingerprint density at radius 3 is 2.61 bits per heavy atom. The second-order valence-electron chi connectivity index (χ2n) is 5.58. The zero-order valence-corrected chi connectivity index (χ0v) is 13.3. The molecule has 2 aromatic carbocycles. The van der Waals surface area contributed by atoms with Crippen molar-refractivity contribution in [2.45, 2.75) is 19.9 Å². The summed E-state index contributed by atoms with van der Waals surface area (Å²) < 4.78 is 11.0. The highest BCUT2D eigenvalue weighted by atomic mass is 16.6. The first-order valence-electron chi connectivity index (χ1n) is 7.65. The summed E-state index contributed by atoms with van der Waals surface area (Å²) in [7, 11) is 0. The number of amides is 1. The summed E-state index contributed by atoms with van der Waals surface area (Å²) in [6.45, 7) is 4.92. The largest absolute Gasteiger partial charge is 0.486 e. The zero-order chi connectivity index (χ0) is 16.2. The van der Waals surface area contributed by atoms with Gasteiger partial charge >= 0.3 is 0 Å². The number of ether oxygens (including phenoxy) is 2. The molecule has 5 nitrogen and oxygen atoms in total. The molecule has 1 atom stereocenters. The Bertz CT molecular complexity index is 715. The number of nitrogens with one attached hydrogen (secondary N) is 2. The van der Waals surface area contributed by atoms with Crippen molar-refractivity contribution >= 4 is 17.3 Å². The standard InChI is InChI=1S/C18H20N2O3/c1-12-4-3-5-14(10-12)20-18(21)13(2)19-15-6-7-16-17(11-15)23-9-8-22-16/h3-7,10-11,13,19H,8-9H2,1-2H3,(H,20,21). The first kappa shape index (κ1) is 15.2. The molecular weight excluding hydrogens is 292 g/mol. The fourth-order valence-corrected chi connectivity index (χ4v) is 2.42. The van der Waals surface area contributed by atoms with Crippen LogP contribution in [0.4, 0.5) is 11.4 Å². The summed E-state index contributed by atoms with van der Waals surface area (Å²) >= 11 is 0. The summed E-state index contributed by atoms with van der Waals surface area (Å²) in [5.41, 5.74) is 2.72. The second-order valence-corrected chi connectivity index (χ2v) is 5.58. The van der Waals surface area contributed by atoms with E-state index in [4.69, 9.17) is 9.47 Å². The monoisotopic (exact) mass is 312 g/mol. The number of anilines is 2. The molecule has 1 amide bonds. The Kier molecular flexibility index (Phi) is 4.37. The highest BCUT2D eigenvalue weighted by Gasteiger charge is 2.16. The van der Waals surface area contributed by atoms with Gasteiger partial charge in [-0.15, -0.1) is 0 Å². The van der Waals surface area contributed by atoms with Crippen molar-refractivity contribution in [1.82, 2.24) is 0 Å². The molecule has 1 aliphatic rings. The van der Waals surface area contributed by atoms with Crippen LogP contribution in [0.5, 0.6) is 11.5 Å². The third kappa shape index (κ3) is 3.74. The summed E-state index contributed by atoms with van der Waals surface area (Å²) in [6.07, 6.45) is 0. The van der Waals surface area contributed by atoms with E-state index in [0.717, 1.165) is 22.7 Å². The number of hydrogen-bond acceptors (Lipinski definition) is 4. The van der Waals surface area contributed by atoms with Crippen LogP contribution in [0.25, 0.3) is 0 Å². The van der Waals surface area contributed by atoms with Crippen LogP contribution in [-0.2, 0) is 4.79 Å². The molecule has 0 spiro atoms. The molecule has 0 aliphatic carbocycles. The number of rotatable bonds is 4. The van der Waals surface area contributed by atoms with Gasteiger partial charge in [-0.2, -0.15) is 0 Å². The van der Waals surface area contributed by atoms with Gasteiger partial charge in [0.05, 0.1) is 0 Å². The van der Waals surface area contributed by atoms with Crippen molar-refractivity contribution < 1.29 is 14.3 Å². The minimum atomic E-state index is -0.377. The average molecular weight is 312 g/mol. The Morgan fingerprint density at radius 2 is 1.83 bits per heavy atom. The lowest BCUT2D eigenvalue weighted by Gasteiger charge is -2.20. The first-order valence-corrected chi connectivity index (χ1v) is 7.65. The third-order valence-electron chi connectivity index (χ3n) is 3.60. The number of carbonyl (C=O) groups is 1. The van der Waals surface area contributed by atoms with Gasteiger partial charge < -0.3 is 20.1 Å². The van der Waals surface area contributed by atoms with Crippen LogP contribution in [0.1, 0.15) is 12.5 Å². The van der Waals surface area contributed by atoms with Crippen LogP contribution < -0.4 is 20.1 Å². The van der Waals surface area contributed by atoms with Crippen LogP contribution >= 0.6 is 0 Å². The molecule has 1 aliphatic heterocycles. The van der Waals surface area contributed by atoms with E-state index in [1.54, 1.807) is 0 Å². The van der Waals surface area contributed by atoms with Crippen LogP contribution in [0.3, 0.4) is 0 Å². The number of benzene rings is 2. The maximum absolute atomic E-state index is 12.3. The molecule has 0 saturated carbocycles. The van der Waals surface area contributed by atoms with Crippen molar-refractivity contribution in [2.75, 3.05) is 23.8 Å². The molecule has 1 heterocycles. The van der Waals surface area contributed by atoms with Gasteiger partial charge in [0, 0.05) is 17.4 Å². The van der Waals surface area contributed by atoms with Crippen LogP contribution in [0.15, 0.2) is 42.5 Å². The van der Waals surface area contributed by atoms with Gasteiger partial charge in [0.15, 0.2) is 11.5 Å². The number of carbonyl (C=O) groups excluding carboxylic acids is 1. The molecule has 23 heavy (non-hydrogen) atoms. The smallest absolute Gasteiger partial charge is 0.246 e. The molecule has 0 bridgehead atoms. The molecule has 0 radical (unpaired) electrons. The van der Waals surface area contributed by atoms with E-state index < -0.39 is 0 Å². The third-order valence-corrected chi connectivity index (χ3v) is 3.60. The van der Waals surface area contributed by atoms with E-state index in [0.29, 0.717) is 19.0 Å². The van der Waals surface area contributed by atoms with Crippen molar-refractivity contribution in [3.63, 3.8) is 0 Å². The lowest BCUT2D eigenvalue weighted by atomic mass is 10.2. The molecule has 5 heteroatoms. The normalized spacial score (nSPS) is 14.0. The predicted octanol–water partition coefficient (Wildman–Crippen LogP) is 3.21. The first-order chi connectivity index (χ1) is 11.1. The zero-order valence-electron chi connectivity index (χ0n) is 13.3. The van der Waals surface area contributed by atoms with Gasteiger partial charge in [-0.05, 0) is 43.7 Å². The maximum atomic E-state index is 12.3. The van der Waals surface area contributed by atoms with Crippen molar-refractivity contribution in [1.29, 1.82) is 0 Å². The molecule has 120 valence electrons. The number of fused-ring (bicyclic) bond motifs is 1. The summed E-state index contributed by atoms with van der Waals surface area (Å²) in [4.78, 5) is 12.3. The number of aryl methyl sites for hydroxylation is 1. The second kappa shape index (κ2) is 6.60. The maximum Gasteiger partial charge on any atom is 0.246 e. The SMILES string of the molecule is Cc1cccc(NC(=O)C(C)Nc2ccc3c(c2)OCCO3)c1. The topological polar surface area (TPSA) is 59.6 Å². The Hall–Kier alpha value is -2.69.